The van der Waals surface area contributed by atoms with E-state index in [4.69, 9.17) is 46.4 Å². The lowest BCUT2D eigenvalue weighted by atomic mass is 10.1. The molecule has 20 heavy (non-hydrogen) atoms. The van der Waals surface area contributed by atoms with E-state index in [2.05, 4.69) is 5.32 Å². The van der Waals surface area contributed by atoms with Gasteiger partial charge in [0.25, 0.3) is 0 Å². The molecule has 1 nitrogen and oxygen atoms in total. The monoisotopic (exact) mass is 347 g/mol. The molecule has 106 valence electrons. The van der Waals surface area contributed by atoms with Gasteiger partial charge in [-0.2, -0.15) is 0 Å². The molecule has 0 amide bonds. The molecule has 0 aliphatic carbocycles. The van der Waals surface area contributed by atoms with E-state index >= 15 is 0 Å². The van der Waals surface area contributed by atoms with Crippen LogP contribution in [0.5, 0.6) is 0 Å². The number of benzene rings is 2. The second-order valence-corrected chi connectivity index (χ2v) is 6.02. The van der Waals surface area contributed by atoms with Gasteiger partial charge in [0, 0.05) is 32.2 Å². The van der Waals surface area contributed by atoms with Gasteiger partial charge >= 0.3 is 0 Å². The maximum absolute atomic E-state index is 6.12. The summed E-state index contributed by atoms with van der Waals surface area (Å²) in [5.41, 5.74) is 1.98. The highest BCUT2D eigenvalue weighted by molar-refractivity contribution is 6.36. The maximum Gasteiger partial charge on any atom is 0.0465 e. The van der Waals surface area contributed by atoms with Gasteiger partial charge in [0.05, 0.1) is 0 Å². The quantitative estimate of drug-likeness (QED) is 0.690. The summed E-state index contributed by atoms with van der Waals surface area (Å²) in [6.07, 6.45) is 0.818. The fraction of sp³-hybridized carbons (Fsp3) is 0.200. The summed E-state index contributed by atoms with van der Waals surface area (Å²) >= 11 is 24.2. The Bertz CT molecular complexity index is 578. The van der Waals surface area contributed by atoms with Crippen molar-refractivity contribution >= 4 is 46.4 Å². The molecule has 0 bridgehead atoms. The van der Waals surface area contributed by atoms with Crippen LogP contribution in [-0.2, 0) is 13.0 Å². The Morgan fingerprint density at radius 2 is 1.55 bits per heavy atom. The maximum atomic E-state index is 6.12. The Kier molecular flexibility index (Phi) is 6.01. The zero-order chi connectivity index (χ0) is 14.5. The van der Waals surface area contributed by atoms with E-state index in [0.29, 0.717) is 26.6 Å². The average Bonchev–Trinajstić information content (AvgIpc) is 2.39. The van der Waals surface area contributed by atoms with Crippen LogP contribution in [0, 0.1) is 0 Å². The molecule has 0 saturated heterocycles. The SMILES string of the molecule is Clc1ccc(CCNCc2c(Cl)cccc2Cl)c(Cl)c1. The lowest BCUT2D eigenvalue weighted by Gasteiger charge is -2.09. The third-order valence-electron chi connectivity index (χ3n) is 2.95. The zero-order valence-electron chi connectivity index (χ0n) is 10.6. The Balaban J connectivity index is 1.88. The van der Waals surface area contributed by atoms with Gasteiger partial charge in [0.2, 0.25) is 0 Å². The van der Waals surface area contributed by atoms with Crippen molar-refractivity contribution in [3.63, 3.8) is 0 Å². The van der Waals surface area contributed by atoms with Crippen molar-refractivity contribution < 1.29 is 0 Å². The Morgan fingerprint density at radius 3 is 2.20 bits per heavy atom. The largest absolute Gasteiger partial charge is 0.312 e. The smallest absolute Gasteiger partial charge is 0.0465 e. The topological polar surface area (TPSA) is 12.0 Å². The van der Waals surface area contributed by atoms with Crippen LogP contribution in [-0.4, -0.2) is 6.54 Å². The normalized spacial score (nSPS) is 10.8. The molecule has 2 aromatic carbocycles. The van der Waals surface area contributed by atoms with E-state index in [1.807, 2.05) is 30.3 Å². The molecular formula is C15H13Cl4N. The van der Waals surface area contributed by atoms with Crippen LogP contribution in [0.3, 0.4) is 0 Å². The van der Waals surface area contributed by atoms with Gasteiger partial charge in [-0.05, 0) is 42.8 Å². The van der Waals surface area contributed by atoms with E-state index in [-0.39, 0.29) is 0 Å². The second-order valence-electron chi connectivity index (χ2n) is 4.36. The summed E-state index contributed by atoms with van der Waals surface area (Å²) < 4.78 is 0. The first-order valence-electron chi connectivity index (χ1n) is 6.15. The third-order valence-corrected chi connectivity index (χ3v) is 4.24. The van der Waals surface area contributed by atoms with E-state index in [9.17, 15) is 0 Å². The first-order valence-corrected chi connectivity index (χ1v) is 7.66. The molecule has 2 rings (SSSR count). The number of halogens is 4. The highest BCUT2D eigenvalue weighted by Gasteiger charge is 2.05. The molecule has 0 unspecified atom stereocenters. The average molecular weight is 349 g/mol. The van der Waals surface area contributed by atoms with Gasteiger partial charge in [-0.25, -0.2) is 0 Å². The summed E-state index contributed by atoms with van der Waals surface area (Å²) in [4.78, 5) is 0. The van der Waals surface area contributed by atoms with E-state index in [0.717, 1.165) is 24.1 Å². The van der Waals surface area contributed by atoms with Gasteiger partial charge < -0.3 is 5.32 Å². The molecule has 2 aromatic rings. The zero-order valence-corrected chi connectivity index (χ0v) is 13.6. The minimum atomic E-state index is 0.629. The molecular weight excluding hydrogens is 336 g/mol. The van der Waals surface area contributed by atoms with Crippen molar-refractivity contribution in [3.8, 4) is 0 Å². The summed E-state index contributed by atoms with van der Waals surface area (Å²) in [6.45, 7) is 1.41. The first kappa shape index (κ1) is 15.9. The number of hydrogen-bond donors (Lipinski definition) is 1. The summed E-state index contributed by atoms with van der Waals surface area (Å²) in [7, 11) is 0. The van der Waals surface area contributed by atoms with E-state index in [1.54, 1.807) is 6.07 Å². The molecule has 0 aliphatic rings. The van der Waals surface area contributed by atoms with Gasteiger partial charge in [-0.3, -0.25) is 0 Å². The fourth-order valence-corrected chi connectivity index (χ4v) is 2.90. The molecule has 0 aromatic heterocycles. The van der Waals surface area contributed by atoms with Crippen molar-refractivity contribution in [1.82, 2.24) is 5.32 Å². The van der Waals surface area contributed by atoms with Crippen LogP contribution < -0.4 is 5.32 Å². The Labute approximate surface area is 138 Å². The Hall–Kier alpha value is -0.440. The van der Waals surface area contributed by atoms with Crippen molar-refractivity contribution in [1.29, 1.82) is 0 Å². The number of hydrogen-bond acceptors (Lipinski definition) is 1. The summed E-state index contributed by atoms with van der Waals surface area (Å²) in [5, 5.41) is 6.00. The summed E-state index contributed by atoms with van der Waals surface area (Å²) in [6, 6.07) is 11.0. The third kappa shape index (κ3) is 4.28. The fourth-order valence-electron chi connectivity index (χ4n) is 1.86. The van der Waals surface area contributed by atoms with Gasteiger partial charge in [0.1, 0.15) is 0 Å². The second kappa shape index (κ2) is 7.53. The van der Waals surface area contributed by atoms with Crippen LogP contribution in [0.2, 0.25) is 20.1 Å². The lowest BCUT2D eigenvalue weighted by Crippen LogP contribution is -2.17. The lowest BCUT2D eigenvalue weighted by molar-refractivity contribution is 0.687. The van der Waals surface area contributed by atoms with Crippen molar-refractivity contribution in [2.24, 2.45) is 0 Å². The molecule has 0 radical (unpaired) electrons. The van der Waals surface area contributed by atoms with Gasteiger partial charge in [-0.1, -0.05) is 58.5 Å². The minimum Gasteiger partial charge on any atom is -0.312 e. The first-order chi connectivity index (χ1) is 9.58. The molecule has 0 fully saturated rings. The van der Waals surface area contributed by atoms with Crippen LogP contribution in [0.4, 0.5) is 0 Å². The predicted molar refractivity (Wildman–Crippen MR) is 88.3 cm³/mol. The van der Waals surface area contributed by atoms with Crippen LogP contribution in [0.15, 0.2) is 36.4 Å². The molecule has 0 spiro atoms. The van der Waals surface area contributed by atoms with Crippen molar-refractivity contribution in [3.05, 3.63) is 67.6 Å². The van der Waals surface area contributed by atoms with Crippen molar-refractivity contribution in [2.75, 3.05) is 6.54 Å². The summed E-state index contributed by atoms with van der Waals surface area (Å²) in [5.74, 6) is 0. The molecule has 0 atom stereocenters. The Morgan fingerprint density at radius 1 is 0.850 bits per heavy atom. The highest BCUT2D eigenvalue weighted by Crippen LogP contribution is 2.24. The molecule has 5 heteroatoms. The molecule has 1 N–H and O–H groups in total. The molecule has 0 saturated carbocycles. The van der Waals surface area contributed by atoms with Gasteiger partial charge in [-0.15, -0.1) is 0 Å². The predicted octanol–water partition coefficient (Wildman–Crippen LogP) is 5.63. The number of nitrogens with one attached hydrogen (secondary N) is 1. The van der Waals surface area contributed by atoms with Crippen LogP contribution >= 0.6 is 46.4 Å². The minimum absolute atomic E-state index is 0.629. The van der Waals surface area contributed by atoms with Crippen molar-refractivity contribution in [2.45, 2.75) is 13.0 Å². The highest BCUT2D eigenvalue weighted by atomic mass is 35.5. The molecule has 0 aliphatic heterocycles. The van der Waals surface area contributed by atoms with Gasteiger partial charge in [0.15, 0.2) is 0 Å². The molecule has 0 heterocycles. The van der Waals surface area contributed by atoms with E-state index < -0.39 is 0 Å². The number of rotatable bonds is 5. The van der Waals surface area contributed by atoms with E-state index in [1.165, 1.54) is 0 Å². The standard InChI is InChI=1S/C15H13Cl4N/c16-11-5-4-10(15(19)8-11)6-7-20-9-12-13(17)2-1-3-14(12)18/h1-5,8,20H,6-7,9H2. The van der Waals surface area contributed by atoms with Crippen LogP contribution in [0.25, 0.3) is 0 Å². The van der Waals surface area contributed by atoms with Crippen LogP contribution in [0.1, 0.15) is 11.1 Å².